The summed E-state index contributed by atoms with van der Waals surface area (Å²) in [5.74, 6) is 0. The van der Waals surface area contributed by atoms with Gasteiger partial charge >= 0.3 is 0 Å². The number of hydrogen-bond donors (Lipinski definition) is 2. The zero-order valence-electron chi connectivity index (χ0n) is 7.54. The van der Waals surface area contributed by atoms with E-state index >= 15 is 0 Å². The summed E-state index contributed by atoms with van der Waals surface area (Å²) in [6, 6.07) is 1.53. The van der Waals surface area contributed by atoms with Gasteiger partial charge in [0.2, 0.25) is 0 Å². The van der Waals surface area contributed by atoms with Crippen molar-refractivity contribution in [2.75, 3.05) is 0 Å². The van der Waals surface area contributed by atoms with Crippen molar-refractivity contribution in [2.24, 2.45) is 0 Å². The van der Waals surface area contributed by atoms with Crippen molar-refractivity contribution in [1.82, 2.24) is 9.97 Å². The highest BCUT2D eigenvalue weighted by Gasteiger charge is 2.02. The van der Waals surface area contributed by atoms with Crippen LogP contribution in [0.5, 0.6) is 0 Å². The summed E-state index contributed by atoms with van der Waals surface area (Å²) < 4.78 is 0.368. The Labute approximate surface area is 86.2 Å². The Kier molecular flexibility index (Phi) is 2.45. The van der Waals surface area contributed by atoms with Crippen LogP contribution in [-0.2, 0) is 0 Å². The van der Waals surface area contributed by atoms with Crippen molar-refractivity contribution >= 4 is 17.8 Å². The lowest BCUT2D eigenvalue weighted by Crippen LogP contribution is -2.08. The molecule has 0 bridgehead atoms. The minimum absolute atomic E-state index is 0.163. The van der Waals surface area contributed by atoms with E-state index in [1.807, 2.05) is 6.08 Å². The van der Waals surface area contributed by atoms with Gasteiger partial charge in [0.25, 0.3) is 5.56 Å². The van der Waals surface area contributed by atoms with Crippen LogP contribution in [0.15, 0.2) is 29.1 Å². The monoisotopic (exact) mass is 206 g/mol. The first-order valence-electron chi connectivity index (χ1n) is 4.46. The fourth-order valence-electron chi connectivity index (χ4n) is 1.44. The topological polar surface area (TPSA) is 48.6 Å². The van der Waals surface area contributed by atoms with Gasteiger partial charge in [0.05, 0.1) is 5.69 Å². The molecule has 1 heterocycles. The maximum Gasteiger partial charge on any atom is 0.252 e. The van der Waals surface area contributed by atoms with Gasteiger partial charge in [-0.25, -0.2) is 0 Å². The molecule has 0 saturated heterocycles. The Morgan fingerprint density at radius 2 is 2.14 bits per heavy atom. The Morgan fingerprint density at radius 3 is 2.79 bits per heavy atom. The highest BCUT2D eigenvalue weighted by Crippen LogP contribution is 2.17. The molecule has 0 radical (unpaired) electrons. The normalized spacial score (nSPS) is 15.3. The van der Waals surface area contributed by atoms with Crippen LogP contribution in [0.3, 0.4) is 0 Å². The van der Waals surface area contributed by atoms with Gasteiger partial charge in [0.1, 0.15) is 0 Å². The van der Waals surface area contributed by atoms with E-state index in [0.717, 1.165) is 24.1 Å². The molecule has 2 N–H and O–H groups in total. The van der Waals surface area contributed by atoms with Gasteiger partial charge < -0.3 is 4.98 Å². The van der Waals surface area contributed by atoms with Crippen molar-refractivity contribution < 1.29 is 0 Å². The van der Waals surface area contributed by atoms with Crippen molar-refractivity contribution in [3.05, 3.63) is 45.1 Å². The van der Waals surface area contributed by atoms with E-state index in [9.17, 15) is 4.79 Å². The van der Waals surface area contributed by atoms with Crippen LogP contribution in [0.1, 0.15) is 18.5 Å². The molecule has 0 aromatic carbocycles. The van der Waals surface area contributed by atoms with Crippen molar-refractivity contribution in [3.8, 4) is 0 Å². The van der Waals surface area contributed by atoms with Crippen molar-refractivity contribution in [2.45, 2.75) is 12.8 Å². The largest absolute Gasteiger partial charge is 0.332 e. The molecule has 0 aliphatic heterocycles. The molecular formula is C10H10N2OS. The molecule has 72 valence electrons. The average molecular weight is 206 g/mol. The number of allylic oxidation sites excluding steroid dienone is 4. The van der Waals surface area contributed by atoms with Crippen LogP contribution in [-0.4, -0.2) is 9.97 Å². The van der Waals surface area contributed by atoms with E-state index in [2.05, 4.69) is 22.1 Å². The van der Waals surface area contributed by atoms with Gasteiger partial charge in [0, 0.05) is 6.07 Å². The molecule has 14 heavy (non-hydrogen) atoms. The van der Waals surface area contributed by atoms with E-state index in [1.54, 1.807) is 0 Å². The fourth-order valence-corrected chi connectivity index (χ4v) is 1.65. The number of aromatic nitrogens is 2. The lowest BCUT2D eigenvalue weighted by molar-refractivity contribution is 1.02. The summed E-state index contributed by atoms with van der Waals surface area (Å²) in [6.07, 6.45) is 8.27. The van der Waals surface area contributed by atoms with Gasteiger partial charge in [0.15, 0.2) is 4.77 Å². The van der Waals surface area contributed by atoms with E-state index in [4.69, 9.17) is 12.2 Å². The third-order valence-corrected chi connectivity index (χ3v) is 2.27. The lowest BCUT2D eigenvalue weighted by Gasteiger charge is -2.05. The minimum Gasteiger partial charge on any atom is -0.332 e. The fraction of sp³-hybridized carbons (Fsp3) is 0.200. The zero-order chi connectivity index (χ0) is 9.97. The zero-order valence-corrected chi connectivity index (χ0v) is 8.36. The van der Waals surface area contributed by atoms with Gasteiger partial charge in [-0.3, -0.25) is 9.78 Å². The van der Waals surface area contributed by atoms with Gasteiger partial charge in [-0.05, 0) is 30.6 Å². The molecule has 0 atom stereocenters. The summed E-state index contributed by atoms with van der Waals surface area (Å²) in [5.41, 5.74) is 1.66. The van der Waals surface area contributed by atoms with E-state index in [0.29, 0.717) is 4.77 Å². The highest BCUT2D eigenvalue weighted by molar-refractivity contribution is 7.71. The number of rotatable bonds is 1. The standard InChI is InChI=1S/C10H10N2OS/c13-9-6-8(11-10(14)12-9)7-4-2-1-3-5-7/h2,4-6H,1,3H2,(H2,11,12,13,14). The van der Waals surface area contributed by atoms with Crippen molar-refractivity contribution in [1.29, 1.82) is 0 Å². The highest BCUT2D eigenvalue weighted by atomic mass is 32.1. The Bertz CT molecular complexity index is 479. The predicted octanol–water partition coefficient (Wildman–Crippen LogP) is 2.17. The lowest BCUT2D eigenvalue weighted by atomic mass is 10.0. The molecule has 0 saturated carbocycles. The summed E-state index contributed by atoms with van der Waals surface area (Å²) in [6.45, 7) is 0. The molecule has 0 spiro atoms. The molecule has 4 heteroatoms. The number of H-pyrrole nitrogens is 2. The van der Waals surface area contributed by atoms with Crippen LogP contribution in [0.2, 0.25) is 0 Å². The van der Waals surface area contributed by atoms with Crippen LogP contribution >= 0.6 is 12.2 Å². The Morgan fingerprint density at radius 1 is 1.29 bits per heavy atom. The molecule has 1 aromatic rings. The van der Waals surface area contributed by atoms with E-state index < -0.39 is 0 Å². The Hall–Kier alpha value is -1.42. The number of hydrogen-bond acceptors (Lipinski definition) is 2. The average Bonchev–Trinajstić information content (AvgIpc) is 2.18. The third kappa shape index (κ3) is 1.90. The Balaban J connectivity index is 2.51. The predicted molar refractivity (Wildman–Crippen MR) is 58.6 cm³/mol. The number of nitrogens with one attached hydrogen (secondary N) is 2. The third-order valence-electron chi connectivity index (χ3n) is 2.07. The maximum absolute atomic E-state index is 11.2. The van der Waals surface area contributed by atoms with Crippen molar-refractivity contribution in [3.63, 3.8) is 0 Å². The second kappa shape index (κ2) is 3.75. The van der Waals surface area contributed by atoms with Gasteiger partial charge in [-0.15, -0.1) is 0 Å². The van der Waals surface area contributed by atoms with Crippen LogP contribution < -0.4 is 5.56 Å². The molecule has 0 unspecified atom stereocenters. The van der Waals surface area contributed by atoms with E-state index in [-0.39, 0.29) is 5.56 Å². The number of aromatic amines is 2. The summed E-state index contributed by atoms with van der Waals surface area (Å²) >= 11 is 4.89. The SMILES string of the molecule is O=c1cc(C2=CCCC=C2)[nH]c(=S)[nH]1. The molecule has 1 aliphatic carbocycles. The first-order valence-corrected chi connectivity index (χ1v) is 4.87. The molecule has 0 fully saturated rings. The van der Waals surface area contributed by atoms with E-state index in [1.165, 1.54) is 6.07 Å². The van der Waals surface area contributed by atoms with Crippen LogP contribution in [0.4, 0.5) is 0 Å². The summed E-state index contributed by atoms with van der Waals surface area (Å²) in [7, 11) is 0. The molecule has 1 aliphatic rings. The molecule has 3 nitrogen and oxygen atoms in total. The maximum atomic E-state index is 11.2. The van der Waals surface area contributed by atoms with Gasteiger partial charge in [-0.2, -0.15) is 0 Å². The summed E-state index contributed by atoms with van der Waals surface area (Å²) in [4.78, 5) is 16.6. The first-order chi connectivity index (χ1) is 6.75. The first kappa shape index (κ1) is 9.15. The second-order valence-electron chi connectivity index (χ2n) is 3.14. The molecule has 0 amide bonds. The smallest absolute Gasteiger partial charge is 0.252 e. The molecular weight excluding hydrogens is 196 g/mol. The molecule has 2 rings (SSSR count). The van der Waals surface area contributed by atoms with Crippen LogP contribution in [0, 0.1) is 4.77 Å². The summed E-state index contributed by atoms with van der Waals surface area (Å²) in [5, 5.41) is 0. The minimum atomic E-state index is -0.163. The molecule has 1 aromatic heterocycles. The quantitative estimate of drug-likeness (QED) is 0.692. The van der Waals surface area contributed by atoms with Gasteiger partial charge in [-0.1, -0.05) is 18.2 Å². The van der Waals surface area contributed by atoms with Crippen LogP contribution in [0.25, 0.3) is 5.57 Å². The second-order valence-corrected chi connectivity index (χ2v) is 3.55.